The number of nitrogens with one attached hydrogen (secondary N) is 1. The van der Waals surface area contributed by atoms with Crippen LogP contribution in [0, 0.1) is 6.92 Å². The molecule has 1 unspecified atom stereocenters. The number of aliphatic hydroxyl groups excluding tert-OH is 1. The van der Waals surface area contributed by atoms with Crippen LogP contribution in [-0.4, -0.2) is 48.7 Å². The number of likely N-dealkylation sites (N-methyl/N-ethyl adjacent to an activating group) is 1. The fourth-order valence-corrected chi connectivity index (χ4v) is 2.01. The van der Waals surface area contributed by atoms with Gasteiger partial charge in [0.05, 0.1) is 12.6 Å². The maximum Gasteiger partial charge on any atom is 0.234 e. The molecular weight excluding hydrogens is 252 g/mol. The Bertz CT molecular complexity index is 419. The molecule has 1 atom stereocenters. The van der Waals surface area contributed by atoms with E-state index >= 15 is 0 Å². The van der Waals surface area contributed by atoms with Gasteiger partial charge in [-0.3, -0.25) is 9.69 Å². The first-order valence-corrected chi connectivity index (χ1v) is 7.17. The molecule has 1 aromatic rings. The topological polar surface area (TPSA) is 52.6 Å². The van der Waals surface area contributed by atoms with E-state index in [9.17, 15) is 9.90 Å². The Labute approximate surface area is 121 Å². The Morgan fingerprint density at radius 2 is 2.10 bits per heavy atom. The quantitative estimate of drug-likeness (QED) is 0.755. The SMILES string of the molecule is Cc1ccccc1CCNC(=O)CN(C)CCC(C)O. The Hall–Kier alpha value is -1.39. The van der Waals surface area contributed by atoms with E-state index in [1.807, 2.05) is 24.1 Å². The molecule has 0 aliphatic heterocycles. The number of aliphatic hydroxyl groups is 1. The van der Waals surface area contributed by atoms with Gasteiger partial charge in [0.1, 0.15) is 0 Å². The van der Waals surface area contributed by atoms with Crippen LogP contribution in [0.15, 0.2) is 24.3 Å². The predicted octanol–water partition coefficient (Wildman–Crippen LogP) is 1.36. The van der Waals surface area contributed by atoms with E-state index in [1.54, 1.807) is 6.92 Å². The van der Waals surface area contributed by atoms with E-state index in [1.165, 1.54) is 11.1 Å². The largest absolute Gasteiger partial charge is 0.393 e. The highest BCUT2D eigenvalue weighted by Gasteiger charge is 2.07. The number of hydrogen-bond acceptors (Lipinski definition) is 3. The Morgan fingerprint density at radius 3 is 2.75 bits per heavy atom. The normalized spacial score (nSPS) is 12.4. The summed E-state index contributed by atoms with van der Waals surface area (Å²) in [6, 6.07) is 8.22. The summed E-state index contributed by atoms with van der Waals surface area (Å²) in [5, 5.41) is 12.1. The summed E-state index contributed by atoms with van der Waals surface area (Å²) in [7, 11) is 1.89. The smallest absolute Gasteiger partial charge is 0.234 e. The standard InChI is InChI=1S/C16H26N2O2/c1-13-6-4-5-7-15(13)8-10-17-16(20)12-18(3)11-9-14(2)19/h4-7,14,19H,8-12H2,1-3H3,(H,17,20). The third kappa shape index (κ3) is 6.68. The zero-order valence-corrected chi connectivity index (χ0v) is 12.7. The van der Waals surface area contributed by atoms with Crippen molar-refractivity contribution in [1.29, 1.82) is 0 Å². The molecule has 0 saturated heterocycles. The molecule has 0 saturated carbocycles. The van der Waals surface area contributed by atoms with E-state index in [0.29, 0.717) is 19.5 Å². The first-order chi connectivity index (χ1) is 9.49. The molecule has 0 aliphatic carbocycles. The molecule has 0 fully saturated rings. The maximum atomic E-state index is 11.8. The maximum absolute atomic E-state index is 11.8. The first-order valence-electron chi connectivity index (χ1n) is 7.17. The van der Waals surface area contributed by atoms with Gasteiger partial charge in [0.15, 0.2) is 0 Å². The van der Waals surface area contributed by atoms with Crippen LogP contribution in [0.5, 0.6) is 0 Å². The van der Waals surface area contributed by atoms with Crippen molar-refractivity contribution in [1.82, 2.24) is 10.2 Å². The summed E-state index contributed by atoms with van der Waals surface area (Å²) in [4.78, 5) is 13.7. The molecule has 0 bridgehead atoms. The zero-order chi connectivity index (χ0) is 15.0. The van der Waals surface area contributed by atoms with Crippen LogP contribution in [0.2, 0.25) is 0 Å². The highest BCUT2D eigenvalue weighted by atomic mass is 16.3. The number of benzene rings is 1. The van der Waals surface area contributed by atoms with Crippen LogP contribution in [0.4, 0.5) is 0 Å². The summed E-state index contributed by atoms with van der Waals surface area (Å²) in [6.45, 7) is 5.61. The molecular formula is C16H26N2O2. The average molecular weight is 278 g/mol. The molecule has 4 heteroatoms. The average Bonchev–Trinajstić information content (AvgIpc) is 2.38. The second kappa shape index (κ2) is 8.72. The van der Waals surface area contributed by atoms with Gasteiger partial charge in [-0.2, -0.15) is 0 Å². The summed E-state index contributed by atoms with van der Waals surface area (Å²) < 4.78 is 0. The minimum Gasteiger partial charge on any atom is -0.393 e. The van der Waals surface area contributed by atoms with Gasteiger partial charge in [-0.25, -0.2) is 0 Å². The van der Waals surface area contributed by atoms with Crippen LogP contribution in [0.1, 0.15) is 24.5 Å². The molecule has 0 radical (unpaired) electrons. The predicted molar refractivity (Wildman–Crippen MR) is 81.7 cm³/mol. The zero-order valence-electron chi connectivity index (χ0n) is 12.7. The molecule has 0 aromatic heterocycles. The van der Waals surface area contributed by atoms with E-state index in [0.717, 1.165) is 13.0 Å². The number of nitrogens with zero attached hydrogens (tertiary/aromatic N) is 1. The lowest BCUT2D eigenvalue weighted by Gasteiger charge is -2.17. The van der Waals surface area contributed by atoms with Crippen LogP contribution in [0.25, 0.3) is 0 Å². The van der Waals surface area contributed by atoms with Gasteiger partial charge in [0.25, 0.3) is 0 Å². The lowest BCUT2D eigenvalue weighted by molar-refractivity contribution is -0.122. The van der Waals surface area contributed by atoms with E-state index in [-0.39, 0.29) is 12.0 Å². The number of aryl methyl sites for hydroxylation is 1. The summed E-state index contributed by atoms with van der Waals surface area (Å²) >= 11 is 0. The molecule has 0 heterocycles. The Balaban J connectivity index is 2.22. The summed E-state index contributed by atoms with van der Waals surface area (Å²) in [6.07, 6.45) is 1.23. The fraction of sp³-hybridized carbons (Fsp3) is 0.562. The van der Waals surface area contributed by atoms with Crippen molar-refractivity contribution >= 4 is 5.91 Å². The Kier molecular flexibility index (Phi) is 7.26. The summed E-state index contributed by atoms with van der Waals surface area (Å²) in [5.41, 5.74) is 2.53. The second-order valence-electron chi connectivity index (χ2n) is 5.40. The van der Waals surface area contributed by atoms with Gasteiger partial charge >= 0.3 is 0 Å². The first kappa shape index (κ1) is 16.7. The van der Waals surface area contributed by atoms with Gasteiger partial charge in [-0.05, 0) is 44.9 Å². The van der Waals surface area contributed by atoms with Crippen LogP contribution in [-0.2, 0) is 11.2 Å². The lowest BCUT2D eigenvalue weighted by atomic mass is 10.1. The van der Waals surface area contributed by atoms with Crippen molar-refractivity contribution < 1.29 is 9.90 Å². The highest BCUT2D eigenvalue weighted by Crippen LogP contribution is 2.06. The van der Waals surface area contributed by atoms with Gasteiger partial charge < -0.3 is 10.4 Å². The van der Waals surface area contributed by atoms with Crippen molar-refractivity contribution in [3.8, 4) is 0 Å². The molecule has 2 N–H and O–H groups in total. The number of hydrogen-bond donors (Lipinski definition) is 2. The van der Waals surface area contributed by atoms with Crippen molar-refractivity contribution in [3.05, 3.63) is 35.4 Å². The van der Waals surface area contributed by atoms with E-state index in [4.69, 9.17) is 0 Å². The third-order valence-corrected chi connectivity index (χ3v) is 3.32. The van der Waals surface area contributed by atoms with Gasteiger partial charge in [0, 0.05) is 13.1 Å². The molecule has 4 nitrogen and oxygen atoms in total. The summed E-state index contributed by atoms with van der Waals surface area (Å²) in [5.74, 6) is 0.0340. The number of carbonyl (C=O) groups is 1. The van der Waals surface area contributed by atoms with Gasteiger partial charge in [-0.15, -0.1) is 0 Å². The van der Waals surface area contributed by atoms with Crippen molar-refractivity contribution in [2.24, 2.45) is 0 Å². The Morgan fingerprint density at radius 1 is 1.40 bits per heavy atom. The molecule has 0 aliphatic rings. The van der Waals surface area contributed by atoms with Crippen molar-refractivity contribution in [2.45, 2.75) is 32.8 Å². The van der Waals surface area contributed by atoms with E-state index < -0.39 is 0 Å². The molecule has 20 heavy (non-hydrogen) atoms. The van der Waals surface area contributed by atoms with Gasteiger partial charge in [-0.1, -0.05) is 24.3 Å². The monoisotopic (exact) mass is 278 g/mol. The number of carbonyl (C=O) groups excluding carboxylic acids is 1. The lowest BCUT2D eigenvalue weighted by Crippen LogP contribution is -2.37. The second-order valence-corrected chi connectivity index (χ2v) is 5.40. The third-order valence-electron chi connectivity index (χ3n) is 3.32. The van der Waals surface area contributed by atoms with E-state index in [2.05, 4.69) is 24.4 Å². The van der Waals surface area contributed by atoms with Crippen molar-refractivity contribution in [2.75, 3.05) is 26.7 Å². The number of amides is 1. The minimum absolute atomic E-state index is 0.0340. The minimum atomic E-state index is -0.318. The fourth-order valence-electron chi connectivity index (χ4n) is 2.01. The molecule has 112 valence electrons. The molecule has 0 spiro atoms. The van der Waals surface area contributed by atoms with Crippen LogP contribution >= 0.6 is 0 Å². The van der Waals surface area contributed by atoms with Crippen LogP contribution in [0.3, 0.4) is 0 Å². The molecule has 1 aromatic carbocycles. The van der Waals surface area contributed by atoms with Crippen LogP contribution < -0.4 is 5.32 Å². The highest BCUT2D eigenvalue weighted by molar-refractivity contribution is 5.77. The number of rotatable bonds is 8. The molecule has 1 amide bonds. The van der Waals surface area contributed by atoms with Gasteiger partial charge in [0.2, 0.25) is 5.91 Å². The van der Waals surface area contributed by atoms with Crippen molar-refractivity contribution in [3.63, 3.8) is 0 Å². The molecule has 1 rings (SSSR count).